The third-order valence-corrected chi connectivity index (χ3v) is 10.1. The molecular weight excluding hydrogens is 739 g/mol. The standard InChI is InChI=1S/C51H87NO7/c1-6-8-10-12-14-16-18-20-22-24-25-26-28-30-32-34-36-38-40-42-50(54)59-47(45-57-44-43-48(51(55)56)52(3,4)5)46-58-49(53)41-39-37-35-33-31-29-27-23-21-19-17-15-13-11-9-7-2/h8-11,14-17,20-23,47-48H,6-7,12-13,18-19,24-46H2,1-5H3/p+1/b10-8+,11-9+,16-14+,17-15+,22-20+,23-21+. The minimum Gasteiger partial charge on any atom is -0.477 e. The molecule has 2 unspecified atom stereocenters. The molecule has 59 heavy (non-hydrogen) atoms. The van der Waals surface area contributed by atoms with Crippen molar-refractivity contribution in [3.05, 3.63) is 72.9 Å². The first-order chi connectivity index (χ1) is 28.6. The fourth-order valence-corrected chi connectivity index (χ4v) is 6.53. The maximum Gasteiger partial charge on any atom is 0.362 e. The molecule has 1 N–H and O–H groups in total. The maximum absolute atomic E-state index is 12.8. The Morgan fingerprint density at radius 1 is 0.508 bits per heavy atom. The number of unbranched alkanes of at least 4 members (excludes halogenated alkanes) is 15. The highest BCUT2D eigenvalue weighted by Gasteiger charge is 2.31. The first-order valence-electron chi connectivity index (χ1n) is 23.5. The van der Waals surface area contributed by atoms with E-state index >= 15 is 0 Å². The van der Waals surface area contributed by atoms with Gasteiger partial charge in [0, 0.05) is 19.3 Å². The Labute approximate surface area is 361 Å². The summed E-state index contributed by atoms with van der Waals surface area (Å²) in [5, 5.41) is 9.64. The van der Waals surface area contributed by atoms with Gasteiger partial charge in [-0.3, -0.25) is 9.59 Å². The van der Waals surface area contributed by atoms with Crippen LogP contribution in [0.1, 0.15) is 181 Å². The summed E-state index contributed by atoms with van der Waals surface area (Å²) in [4.78, 5) is 37.1. The molecule has 0 radical (unpaired) electrons. The molecule has 0 aliphatic carbocycles. The molecular formula is C51H88NO7+. The van der Waals surface area contributed by atoms with Gasteiger partial charge in [0.25, 0.3) is 0 Å². The number of nitrogens with zero attached hydrogens (tertiary/aromatic N) is 1. The molecule has 0 aliphatic heterocycles. The maximum atomic E-state index is 12.8. The van der Waals surface area contributed by atoms with Crippen molar-refractivity contribution in [3.8, 4) is 0 Å². The van der Waals surface area contributed by atoms with Gasteiger partial charge in [-0.25, -0.2) is 4.79 Å². The molecule has 2 atom stereocenters. The van der Waals surface area contributed by atoms with E-state index in [0.29, 0.717) is 19.3 Å². The van der Waals surface area contributed by atoms with Crippen molar-refractivity contribution in [3.63, 3.8) is 0 Å². The van der Waals surface area contributed by atoms with Crippen molar-refractivity contribution in [1.82, 2.24) is 0 Å². The summed E-state index contributed by atoms with van der Waals surface area (Å²) in [5.41, 5.74) is 0. The van der Waals surface area contributed by atoms with Crippen LogP contribution in [-0.2, 0) is 28.6 Å². The summed E-state index contributed by atoms with van der Waals surface area (Å²) in [6.07, 6.45) is 52.3. The minimum absolute atomic E-state index is 0.0515. The Kier molecular flexibility index (Phi) is 39.2. The van der Waals surface area contributed by atoms with Crippen LogP contribution >= 0.6 is 0 Å². The van der Waals surface area contributed by atoms with Gasteiger partial charge in [0.05, 0.1) is 34.4 Å². The summed E-state index contributed by atoms with van der Waals surface area (Å²) in [5.74, 6) is -1.50. The molecule has 0 aromatic rings. The molecule has 0 heterocycles. The Morgan fingerprint density at radius 2 is 0.898 bits per heavy atom. The number of rotatable bonds is 41. The van der Waals surface area contributed by atoms with E-state index in [9.17, 15) is 19.5 Å². The molecule has 0 saturated carbocycles. The number of allylic oxidation sites excluding steroid dienone is 12. The predicted octanol–water partition coefficient (Wildman–Crippen LogP) is 13.1. The van der Waals surface area contributed by atoms with Gasteiger partial charge in [-0.05, 0) is 77.0 Å². The Hall–Kier alpha value is -3.23. The quantitative estimate of drug-likeness (QED) is 0.0284. The van der Waals surface area contributed by atoms with E-state index in [1.54, 1.807) is 0 Å². The van der Waals surface area contributed by atoms with Crippen LogP contribution in [0.4, 0.5) is 0 Å². The van der Waals surface area contributed by atoms with Crippen molar-refractivity contribution >= 4 is 17.9 Å². The highest BCUT2D eigenvalue weighted by Crippen LogP contribution is 2.14. The molecule has 0 aliphatic rings. The fourth-order valence-electron chi connectivity index (χ4n) is 6.53. The number of carboxylic acids is 1. The van der Waals surface area contributed by atoms with Crippen LogP contribution < -0.4 is 0 Å². The second kappa shape index (κ2) is 41.5. The number of ether oxygens (including phenoxy) is 3. The zero-order chi connectivity index (χ0) is 43.5. The molecule has 0 aromatic heterocycles. The molecule has 0 fully saturated rings. The molecule has 8 heteroatoms. The van der Waals surface area contributed by atoms with E-state index in [4.69, 9.17) is 14.2 Å². The lowest BCUT2D eigenvalue weighted by molar-refractivity contribution is -0.887. The Morgan fingerprint density at radius 3 is 1.32 bits per heavy atom. The van der Waals surface area contributed by atoms with Gasteiger partial charge in [-0.15, -0.1) is 0 Å². The first kappa shape index (κ1) is 55.8. The highest BCUT2D eigenvalue weighted by atomic mass is 16.6. The largest absolute Gasteiger partial charge is 0.477 e. The number of carboxylic acid groups (broad SMARTS) is 1. The molecule has 0 rings (SSSR count). The summed E-state index contributed by atoms with van der Waals surface area (Å²) in [7, 11) is 5.52. The molecule has 0 aromatic carbocycles. The van der Waals surface area contributed by atoms with E-state index < -0.39 is 18.1 Å². The van der Waals surface area contributed by atoms with Gasteiger partial charge in [0.1, 0.15) is 6.61 Å². The van der Waals surface area contributed by atoms with Crippen LogP contribution in [0.3, 0.4) is 0 Å². The number of esters is 2. The van der Waals surface area contributed by atoms with Crippen molar-refractivity contribution in [2.24, 2.45) is 0 Å². The minimum atomic E-state index is -0.880. The SMILES string of the molecule is CC/C=C/C/C=C/C/C=C/CCCCCCCCCCCC(=O)OC(COCCC(C(=O)O)[N+](C)(C)C)COC(=O)CCCCCCCC/C=C/C/C=C/C/C=C/CC. The molecule has 0 spiro atoms. The fraction of sp³-hybridized carbons (Fsp3) is 0.706. The molecule has 338 valence electrons. The van der Waals surface area contributed by atoms with Gasteiger partial charge < -0.3 is 23.8 Å². The topological polar surface area (TPSA) is 99.1 Å². The second-order valence-corrected chi connectivity index (χ2v) is 16.6. The van der Waals surface area contributed by atoms with Gasteiger partial charge in [-0.1, -0.05) is 157 Å². The van der Waals surface area contributed by atoms with Gasteiger partial charge in [-0.2, -0.15) is 0 Å². The average Bonchev–Trinajstić information content (AvgIpc) is 3.19. The number of quaternary nitrogens is 1. The third-order valence-electron chi connectivity index (χ3n) is 10.1. The van der Waals surface area contributed by atoms with Crippen LogP contribution in [0, 0.1) is 0 Å². The molecule has 8 nitrogen and oxygen atoms in total. The zero-order valence-electron chi connectivity index (χ0n) is 38.4. The van der Waals surface area contributed by atoms with E-state index in [2.05, 4.69) is 86.8 Å². The van der Waals surface area contributed by atoms with Gasteiger partial charge in [0.2, 0.25) is 0 Å². The first-order valence-corrected chi connectivity index (χ1v) is 23.5. The summed E-state index contributed by atoms with van der Waals surface area (Å²) < 4.78 is 17.3. The van der Waals surface area contributed by atoms with Crippen LogP contribution in [-0.4, -0.2) is 80.6 Å². The lowest BCUT2D eigenvalue weighted by atomic mass is 10.1. The molecule has 0 amide bonds. The number of hydrogen-bond acceptors (Lipinski definition) is 6. The molecule has 0 bridgehead atoms. The summed E-state index contributed by atoms with van der Waals surface area (Å²) >= 11 is 0. The lowest BCUT2D eigenvalue weighted by Gasteiger charge is -2.31. The van der Waals surface area contributed by atoms with Crippen molar-refractivity contribution in [1.29, 1.82) is 0 Å². The predicted molar refractivity (Wildman–Crippen MR) is 247 cm³/mol. The number of likely N-dealkylation sites (N-methyl/N-ethyl adjacent to an activating group) is 1. The van der Waals surface area contributed by atoms with Crippen molar-refractivity contribution < 1.29 is 38.2 Å². The van der Waals surface area contributed by atoms with E-state index in [-0.39, 0.29) is 36.2 Å². The van der Waals surface area contributed by atoms with E-state index in [1.165, 1.54) is 51.4 Å². The van der Waals surface area contributed by atoms with Crippen LogP contribution in [0.25, 0.3) is 0 Å². The molecule has 0 saturated heterocycles. The highest BCUT2D eigenvalue weighted by molar-refractivity contribution is 5.72. The summed E-state index contributed by atoms with van der Waals surface area (Å²) in [6, 6.07) is -0.621. The van der Waals surface area contributed by atoms with E-state index in [1.807, 2.05) is 21.1 Å². The summed E-state index contributed by atoms with van der Waals surface area (Å²) in [6.45, 7) is 4.49. The number of carbonyl (C=O) groups excluding carboxylic acids is 2. The smallest absolute Gasteiger partial charge is 0.362 e. The van der Waals surface area contributed by atoms with Crippen molar-refractivity contribution in [2.45, 2.75) is 193 Å². The van der Waals surface area contributed by atoms with Crippen LogP contribution in [0.15, 0.2) is 72.9 Å². The monoisotopic (exact) mass is 827 g/mol. The Balaban J connectivity index is 4.33. The Bertz CT molecular complexity index is 1190. The third kappa shape index (κ3) is 40.0. The normalized spacial score (nSPS) is 13.6. The van der Waals surface area contributed by atoms with Gasteiger partial charge in [0.15, 0.2) is 12.1 Å². The van der Waals surface area contributed by atoms with Crippen molar-refractivity contribution in [2.75, 3.05) is 41.0 Å². The number of hydrogen-bond donors (Lipinski definition) is 1. The lowest BCUT2D eigenvalue weighted by Crippen LogP contribution is -2.50. The van der Waals surface area contributed by atoms with Gasteiger partial charge >= 0.3 is 17.9 Å². The van der Waals surface area contributed by atoms with Crippen LogP contribution in [0.2, 0.25) is 0 Å². The van der Waals surface area contributed by atoms with Crippen LogP contribution in [0.5, 0.6) is 0 Å². The zero-order valence-corrected chi connectivity index (χ0v) is 38.4. The number of aliphatic carboxylic acids is 1. The average molecular weight is 827 g/mol. The van der Waals surface area contributed by atoms with E-state index in [0.717, 1.165) is 96.3 Å². The second-order valence-electron chi connectivity index (χ2n) is 16.6. The number of carbonyl (C=O) groups is 3.